The maximum atomic E-state index is 12.9. The lowest BCUT2D eigenvalue weighted by Gasteiger charge is -2.31. The van der Waals surface area contributed by atoms with Crippen LogP contribution >= 0.6 is 0 Å². The number of amides is 3. The second-order valence-corrected chi connectivity index (χ2v) is 7.26. The molecule has 0 spiro atoms. The maximum absolute atomic E-state index is 12.9. The van der Waals surface area contributed by atoms with Crippen LogP contribution in [0.15, 0.2) is 24.3 Å². The summed E-state index contributed by atoms with van der Waals surface area (Å²) in [7, 11) is 0. The van der Waals surface area contributed by atoms with Gasteiger partial charge in [-0.3, -0.25) is 9.59 Å². The zero-order valence-corrected chi connectivity index (χ0v) is 15.9. The van der Waals surface area contributed by atoms with Gasteiger partial charge in [0.2, 0.25) is 11.8 Å². The first kappa shape index (κ1) is 20.1. The first-order valence-corrected chi connectivity index (χ1v) is 9.72. The van der Waals surface area contributed by atoms with Gasteiger partial charge in [0.15, 0.2) is 0 Å². The first-order chi connectivity index (χ1) is 13.5. The largest absolute Gasteiger partial charge is 0.450 e. The van der Waals surface area contributed by atoms with Gasteiger partial charge in [-0.15, -0.1) is 0 Å². The number of carbonyl (C=O) groups is 3. The molecule has 7 nitrogen and oxygen atoms in total. The molecule has 28 heavy (non-hydrogen) atoms. The van der Waals surface area contributed by atoms with Crippen molar-refractivity contribution < 1.29 is 23.5 Å². The lowest BCUT2D eigenvalue weighted by atomic mass is 10.1. The second-order valence-electron chi connectivity index (χ2n) is 7.26. The van der Waals surface area contributed by atoms with E-state index in [2.05, 4.69) is 10.6 Å². The zero-order valence-electron chi connectivity index (χ0n) is 15.9. The zero-order chi connectivity index (χ0) is 20.1. The van der Waals surface area contributed by atoms with Crippen molar-refractivity contribution in [2.24, 2.45) is 11.8 Å². The SMILES string of the molecule is CCOC(=O)N1CCC(NC(=O)C2CC2C(=O)NCc2ccc(F)cc2)CC1. The number of carbonyl (C=O) groups excluding carboxylic acids is 3. The van der Waals surface area contributed by atoms with E-state index in [0.29, 0.717) is 45.5 Å². The number of nitrogens with zero attached hydrogens (tertiary/aromatic N) is 1. The van der Waals surface area contributed by atoms with Gasteiger partial charge in [-0.2, -0.15) is 0 Å². The first-order valence-electron chi connectivity index (χ1n) is 9.72. The summed E-state index contributed by atoms with van der Waals surface area (Å²) in [4.78, 5) is 37.9. The molecule has 0 bridgehead atoms. The molecule has 3 rings (SSSR count). The second kappa shape index (κ2) is 9.03. The fourth-order valence-corrected chi connectivity index (χ4v) is 3.43. The molecule has 2 unspecified atom stereocenters. The summed E-state index contributed by atoms with van der Waals surface area (Å²) in [6.07, 6.45) is 1.59. The van der Waals surface area contributed by atoms with Crippen molar-refractivity contribution in [3.8, 4) is 0 Å². The summed E-state index contributed by atoms with van der Waals surface area (Å²) in [6.45, 7) is 3.54. The summed E-state index contributed by atoms with van der Waals surface area (Å²) < 4.78 is 17.9. The van der Waals surface area contributed by atoms with Gasteiger partial charge in [0.25, 0.3) is 0 Å². The predicted octanol–water partition coefficient (Wildman–Crippen LogP) is 1.82. The number of halogens is 1. The topological polar surface area (TPSA) is 87.7 Å². The molecular formula is C20H26FN3O4. The molecule has 1 saturated carbocycles. The van der Waals surface area contributed by atoms with Crippen molar-refractivity contribution in [1.29, 1.82) is 0 Å². The Balaban J connectivity index is 1.37. The molecule has 1 aliphatic heterocycles. The number of hydrogen-bond donors (Lipinski definition) is 2. The van der Waals surface area contributed by atoms with E-state index in [1.807, 2.05) is 0 Å². The van der Waals surface area contributed by atoms with E-state index in [4.69, 9.17) is 4.74 Å². The van der Waals surface area contributed by atoms with E-state index in [0.717, 1.165) is 5.56 Å². The van der Waals surface area contributed by atoms with E-state index in [9.17, 15) is 18.8 Å². The minimum atomic E-state index is -0.318. The molecule has 0 aromatic heterocycles. The van der Waals surface area contributed by atoms with Gasteiger partial charge >= 0.3 is 6.09 Å². The smallest absolute Gasteiger partial charge is 0.409 e. The van der Waals surface area contributed by atoms with Crippen LogP contribution < -0.4 is 10.6 Å². The molecule has 1 aromatic rings. The van der Waals surface area contributed by atoms with Gasteiger partial charge in [0.05, 0.1) is 18.4 Å². The molecular weight excluding hydrogens is 365 g/mol. The van der Waals surface area contributed by atoms with Gasteiger partial charge in [0.1, 0.15) is 5.82 Å². The predicted molar refractivity (Wildman–Crippen MR) is 99.6 cm³/mol. The van der Waals surface area contributed by atoms with Gasteiger partial charge in [-0.25, -0.2) is 9.18 Å². The molecule has 2 fully saturated rings. The van der Waals surface area contributed by atoms with Crippen LogP contribution in [-0.4, -0.2) is 48.5 Å². The Morgan fingerprint density at radius 2 is 1.75 bits per heavy atom. The van der Waals surface area contributed by atoms with Crippen LogP contribution in [-0.2, 0) is 20.9 Å². The highest BCUT2D eigenvalue weighted by Gasteiger charge is 2.48. The fourth-order valence-electron chi connectivity index (χ4n) is 3.43. The van der Waals surface area contributed by atoms with Gasteiger partial charge in [-0.05, 0) is 43.9 Å². The van der Waals surface area contributed by atoms with Crippen LogP contribution in [0.2, 0.25) is 0 Å². The van der Waals surface area contributed by atoms with Crippen molar-refractivity contribution in [1.82, 2.24) is 15.5 Å². The van der Waals surface area contributed by atoms with Crippen molar-refractivity contribution >= 4 is 17.9 Å². The quantitative estimate of drug-likeness (QED) is 0.774. The molecule has 1 aliphatic carbocycles. The van der Waals surface area contributed by atoms with Gasteiger partial charge in [-0.1, -0.05) is 12.1 Å². The third kappa shape index (κ3) is 5.21. The Morgan fingerprint density at radius 1 is 1.11 bits per heavy atom. The monoisotopic (exact) mass is 391 g/mol. The molecule has 1 aromatic carbocycles. The maximum Gasteiger partial charge on any atom is 0.409 e. The third-order valence-corrected chi connectivity index (χ3v) is 5.21. The Kier molecular flexibility index (Phi) is 6.49. The van der Waals surface area contributed by atoms with Crippen LogP contribution in [0.1, 0.15) is 31.7 Å². The Bertz CT molecular complexity index is 717. The number of nitrogens with one attached hydrogen (secondary N) is 2. The molecule has 2 atom stereocenters. The van der Waals surface area contributed by atoms with Gasteiger partial charge < -0.3 is 20.3 Å². The highest BCUT2D eigenvalue weighted by Crippen LogP contribution is 2.39. The normalized spacial score (nSPS) is 21.7. The number of piperidine rings is 1. The summed E-state index contributed by atoms with van der Waals surface area (Å²) in [5.74, 6) is -1.17. The summed E-state index contributed by atoms with van der Waals surface area (Å²) >= 11 is 0. The van der Waals surface area contributed by atoms with E-state index in [-0.39, 0.29) is 41.6 Å². The molecule has 8 heteroatoms. The van der Waals surface area contributed by atoms with Crippen molar-refractivity contribution in [3.63, 3.8) is 0 Å². The van der Waals surface area contributed by atoms with E-state index < -0.39 is 0 Å². The highest BCUT2D eigenvalue weighted by molar-refractivity contribution is 5.92. The molecule has 1 saturated heterocycles. The summed E-state index contributed by atoms with van der Waals surface area (Å²) in [5.41, 5.74) is 0.810. The van der Waals surface area contributed by atoms with Crippen molar-refractivity contribution in [2.75, 3.05) is 19.7 Å². The van der Waals surface area contributed by atoms with Crippen LogP contribution in [0.4, 0.5) is 9.18 Å². The van der Waals surface area contributed by atoms with Crippen LogP contribution in [0.5, 0.6) is 0 Å². The fraction of sp³-hybridized carbons (Fsp3) is 0.550. The lowest BCUT2D eigenvalue weighted by molar-refractivity contribution is -0.127. The van der Waals surface area contributed by atoms with E-state index in [1.165, 1.54) is 12.1 Å². The van der Waals surface area contributed by atoms with Gasteiger partial charge in [0, 0.05) is 25.7 Å². The van der Waals surface area contributed by atoms with Crippen molar-refractivity contribution in [2.45, 2.75) is 38.8 Å². The molecule has 3 amide bonds. The van der Waals surface area contributed by atoms with Crippen LogP contribution in [0.25, 0.3) is 0 Å². The summed E-state index contributed by atoms with van der Waals surface area (Å²) in [5, 5.41) is 5.80. The Labute approximate surface area is 163 Å². The molecule has 2 N–H and O–H groups in total. The number of hydrogen-bond acceptors (Lipinski definition) is 4. The number of rotatable bonds is 6. The van der Waals surface area contributed by atoms with E-state index >= 15 is 0 Å². The lowest BCUT2D eigenvalue weighted by Crippen LogP contribution is -2.47. The number of likely N-dealkylation sites (tertiary alicyclic amines) is 1. The minimum absolute atomic E-state index is 0.0155. The standard InChI is InChI=1S/C20H26FN3O4/c1-2-28-20(27)24-9-7-15(8-10-24)23-19(26)17-11-16(17)18(25)22-12-13-3-5-14(21)6-4-13/h3-6,15-17H,2,7-12H2,1H3,(H,22,25)(H,23,26). The Hall–Kier alpha value is -2.64. The molecule has 1 heterocycles. The minimum Gasteiger partial charge on any atom is -0.450 e. The Morgan fingerprint density at radius 3 is 2.39 bits per heavy atom. The van der Waals surface area contributed by atoms with Crippen molar-refractivity contribution in [3.05, 3.63) is 35.6 Å². The number of benzene rings is 1. The number of ether oxygens (including phenoxy) is 1. The van der Waals surface area contributed by atoms with Crippen LogP contribution in [0.3, 0.4) is 0 Å². The molecule has 2 aliphatic rings. The third-order valence-electron chi connectivity index (χ3n) is 5.21. The average Bonchev–Trinajstić information content (AvgIpc) is 3.49. The average molecular weight is 391 g/mol. The highest BCUT2D eigenvalue weighted by atomic mass is 19.1. The van der Waals surface area contributed by atoms with Crippen LogP contribution in [0, 0.1) is 17.7 Å². The molecule has 0 radical (unpaired) electrons. The van der Waals surface area contributed by atoms with E-state index in [1.54, 1.807) is 24.0 Å². The molecule has 152 valence electrons. The summed E-state index contributed by atoms with van der Waals surface area (Å²) in [6, 6.07) is 5.95.